The van der Waals surface area contributed by atoms with E-state index >= 15 is 0 Å². The molecule has 0 spiro atoms. The van der Waals surface area contributed by atoms with Crippen LogP contribution in [0.3, 0.4) is 0 Å². The van der Waals surface area contributed by atoms with Crippen LogP contribution in [0.15, 0.2) is 48.7 Å². The standard InChI is InChI=1S/C19H18F2N2O2/c20-15-3-1-13(2-4-15)19(25)12-23-7-5-17-14(11-22-6-8-24)9-16(21)10-18(17)23/h1-5,7,9-10,22,24H,6,8,11-12H2. The minimum absolute atomic E-state index is 0.00560. The largest absolute Gasteiger partial charge is 0.395 e. The molecule has 1 heterocycles. The van der Waals surface area contributed by atoms with Gasteiger partial charge in [0.15, 0.2) is 5.78 Å². The fourth-order valence-corrected chi connectivity index (χ4v) is 2.80. The third kappa shape index (κ3) is 3.92. The maximum Gasteiger partial charge on any atom is 0.182 e. The van der Waals surface area contributed by atoms with Gasteiger partial charge in [0.25, 0.3) is 0 Å². The highest BCUT2D eigenvalue weighted by Gasteiger charge is 2.12. The molecule has 2 aromatic carbocycles. The van der Waals surface area contributed by atoms with Crippen LogP contribution in [0, 0.1) is 11.6 Å². The summed E-state index contributed by atoms with van der Waals surface area (Å²) < 4.78 is 28.6. The zero-order valence-electron chi connectivity index (χ0n) is 13.5. The summed E-state index contributed by atoms with van der Waals surface area (Å²) in [5.74, 6) is -0.964. The van der Waals surface area contributed by atoms with Gasteiger partial charge in [-0.15, -0.1) is 0 Å². The third-order valence-electron chi connectivity index (χ3n) is 4.02. The van der Waals surface area contributed by atoms with E-state index in [0.717, 1.165) is 10.9 Å². The number of hydrogen-bond acceptors (Lipinski definition) is 3. The van der Waals surface area contributed by atoms with Crippen LogP contribution in [0.5, 0.6) is 0 Å². The Balaban J connectivity index is 1.87. The number of aliphatic hydroxyl groups excluding tert-OH is 1. The molecule has 6 heteroatoms. The molecule has 4 nitrogen and oxygen atoms in total. The van der Waals surface area contributed by atoms with Crippen LogP contribution in [-0.2, 0) is 13.1 Å². The van der Waals surface area contributed by atoms with Crippen molar-refractivity contribution in [3.05, 3.63) is 71.4 Å². The predicted octanol–water partition coefficient (Wildman–Crippen LogP) is 2.88. The summed E-state index contributed by atoms with van der Waals surface area (Å²) in [6.45, 7) is 0.889. The monoisotopic (exact) mass is 344 g/mol. The average Bonchev–Trinajstić information content (AvgIpc) is 2.98. The second-order valence-corrected chi connectivity index (χ2v) is 5.77. The molecule has 0 radical (unpaired) electrons. The summed E-state index contributed by atoms with van der Waals surface area (Å²) in [5, 5.41) is 12.7. The van der Waals surface area contributed by atoms with Crippen LogP contribution < -0.4 is 5.32 Å². The number of hydrogen-bond donors (Lipinski definition) is 2. The van der Waals surface area contributed by atoms with Crippen molar-refractivity contribution in [1.82, 2.24) is 9.88 Å². The van der Waals surface area contributed by atoms with Gasteiger partial charge in [-0.05, 0) is 48.0 Å². The highest BCUT2D eigenvalue weighted by atomic mass is 19.1. The van der Waals surface area contributed by atoms with Crippen molar-refractivity contribution in [1.29, 1.82) is 0 Å². The zero-order valence-corrected chi connectivity index (χ0v) is 13.5. The SMILES string of the molecule is O=C(Cn1ccc2c(CNCCO)cc(F)cc21)c1ccc(F)cc1. The van der Waals surface area contributed by atoms with E-state index in [1.54, 1.807) is 10.8 Å². The molecule has 130 valence electrons. The number of Topliss-reactive ketones (excluding diaryl/α,β-unsaturated/α-hetero) is 1. The van der Waals surface area contributed by atoms with E-state index in [2.05, 4.69) is 5.32 Å². The summed E-state index contributed by atoms with van der Waals surface area (Å²) in [4.78, 5) is 12.4. The molecule has 0 saturated heterocycles. The second kappa shape index (κ2) is 7.55. The average molecular weight is 344 g/mol. The predicted molar refractivity (Wildman–Crippen MR) is 91.4 cm³/mol. The lowest BCUT2D eigenvalue weighted by Crippen LogP contribution is -2.17. The van der Waals surface area contributed by atoms with E-state index in [9.17, 15) is 13.6 Å². The number of carbonyl (C=O) groups excluding carboxylic acids is 1. The molecule has 2 N–H and O–H groups in total. The maximum absolute atomic E-state index is 14.0. The molecule has 3 aromatic rings. The van der Waals surface area contributed by atoms with Gasteiger partial charge in [0.1, 0.15) is 11.6 Å². The van der Waals surface area contributed by atoms with E-state index in [-0.39, 0.29) is 24.8 Å². The number of halogens is 2. The fraction of sp³-hybridized carbons (Fsp3) is 0.211. The van der Waals surface area contributed by atoms with E-state index in [4.69, 9.17) is 5.11 Å². The van der Waals surface area contributed by atoms with Crippen molar-refractivity contribution in [3.63, 3.8) is 0 Å². The summed E-state index contributed by atoms with van der Waals surface area (Å²) in [6, 6.07) is 10.0. The molecule has 1 aromatic heterocycles. The van der Waals surface area contributed by atoms with Gasteiger partial charge in [-0.1, -0.05) is 0 Å². The van der Waals surface area contributed by atoms with E-state index < -0.39 is 5.82 Å². The molecular formula is C19H18F2N2O2. The van der Waals surface area contributed by atoms with Gasteiger partial charge >= 0.3 is 0 Å². The minimum atomic E-state index is -0.398. The molecule has 25 heavy (non-hydrogen) atoms. The number of aliphatic hydroxyl groups is 1. The second-order valence-electron chi connectivity index (χ2n) is 5.77. The van der Waals surface area contributed by atoms with E-state index in [1.165, 1.54) is 36.4 Å². The first-order chi connectivity index (χ1) is 12.1. The number of benzene rings is 2. The first-order valence-electron chi connectivity index (χ1n) is 7.96. The van der Waals surface area contributed by atoms with Crippen molar-refractivity contribution in [2.24, 2.45) is 0 Å². The topological polar surface area (TPSA) is 54.3 Å². The van der Waals surface area contributed by atoms with Crippen LogP contribution in [0.4, 0.5) is 8.78 Å². The van der Waals surface area contributed by atoms with Crippen LogP contribution in [-0.4, -0.2) is 28.6 Å². The van der Waals surface area contributed by atoms with Gasteiger partial charge in [-0.2, -0.15) is 0 Å². The molecule has 0 aliphatic heterocycles. The van der Waals surface area contributed by atoms with Gasteiger partial charge in [-0.3, -0.25) is 4.79 Å². The van der Waals surface area contributed by atoms with Crippen molar-refractivity contribution in [3.8, 4) is 0 Å². The molecule has 0 bridgehead atoms. The van der Waals surface area contributed by atoms with Gasteiger partial charge in [0, 0.05) is 30.2 Å². The Morgan fingerprint density at radius 1 is 1.08 bits per heavy atom. The molecule has 0 atom stereocenters. The molecule has 0 saturated carbocycles. The fourth-order valence-electron chi connectivity index (χ4n) is 2.80. The molecule has 3 rings (SSSR count). The summed E-state index contributed by atoms with van der Waals surface area (Å²) in [7, 11) is 0. The normalized spacial score (nSPS) is 11.2. The van der Waals surface area contributed by atoms with Crippen molar-refractivity contribution >= 4 is 16.7 Å². The Labute approximate surface area is 143 Å². The van der Waals surface area contributed by atoms with Gasteiger partial charge in [-0.25, -0.2) is 8.78 Å². The Morgan fingerprint density at radius 3 is 2.56 bits per heavy atom. The van der Waals surface area contributed by atoms with Crippen LogP contribution in [0.1, 0.15) is 15.9 Å². The molecule has 0 aliphatic rings. The Bertz CT molecular complexity index is 888. The third-order valence-corrected chi connectivity index (χ3v) is 4.02. The summed E-state index contributed by atoms with van der Waals surface area (Å²) >= 11 is 0. The Hall–Kier alpha value is -2.57. The van der Waals surface area contributed by atoms with Crippen LogP contribution in [0.25, 0.3) is 10.9 Å². The van der Waals surface area contributed by atoms with Crippen molar-refractivity contribution < 1.29 is 18.7 Å². The molecular weight excluding hydrogens is 326 g/mol. The number of fused-ring (bicyclic) bond motifs is 1. The Kier molecular flexibility index (Phi) is 5.21. The lowest BCUT2D eigenvalue weighted by atomic mass is 10.1. The summed E-state index contributed by atoms with van der Waals surface area (Å²) in [6.07, 6.45) is 1.74. The van der Waals surface area contributed by atoms with Gasteiger partial charge in [0.2, 0.25) is 0 Å². The molecule has 0 unspecified atom stereocenters. The number of rotatable bonds is 7. The highest BCUT2D eigenvalue weighted by Crippen LogP contribution is 2.23. The number of nitrogens with one attached hydrogen (secondary N) is 1. The smallest absolute Gasteiger partial charge is 0.182 e. The first kappa shape index (κ1) is 17.3. The summed E-state index contributed by atoms with van der Waals surface area (Å²) in [5.41, 5.74) is 1.79. The van der Waals surface area contributed by atoms with E-state index in [0.29, 0.717) is 24.2 Å². The quantitative estimate of drug-likeness (QED) is 0.512. The maximum atomic E-state index is 14.0. The number of ketones is 1. The highest BCUT2D eigenvalue weighted by molar-refractivity contribution is 5.97. The lowest BCUT2D eigenvalue weighted by Gasteiger charge is -2.08. The molecule has 0 aliphatic carbocycles. The van der Waals surface area contributed by atoms with Crippen LogP contribution in [0.2, 0.25) is 0 Å². The number of nitrogens with zero attached hydrogens (tertiary/aromatic N) is 1. The lowest BCUT2D eigenvalue weighted by molar-refractivity contribution is 0.0973. The van der Waals surface area contributed by atoms with E-state index in [1.807, 2.05) is 6.07 Å². The molecule has 0 fully saturated rings. The van der Waals surface area contributed by atoms with Crippen LogP contribution >= 0.6 is 0 Å². The van der Waals surface area contributed by atoms with Crippen molar-refractivity contribution in [2.75, 3.05) is 13.2 Å². The minimum Gasteiger partial charge on any atom is -0.395 e. The number of aromatic nitrogens is 1. The van der Waals surface area contributed by atoms with Gasteiger partial charge < -0.3 is 15.0 Å². The zero-order chi connectivity index (χ0) is 17.8. The number of carbonyl (C=O) groups is 1. The van der Waals surface area contributed by atoms with Crippen molar-refractivity contribution in [2.45, 2.75) is 13.1 Å². The Morgan fingerprint density at radius 2 is 1.84 bits per heavy atom. The first-order valence-corrected chi connectivity index (χ1v) is 7.96. The van der Waals surface area contributed by atoms with Gasteiger partial charge in [0.05, 0.1) is 18.7 Å². The molecule has 0 amide bonds.